The molecule has 0 atom stereocenters. The molecule has 0 aliphatic carbocycles. The molecule has 0 aliphatic rings. The number of halogens is 1. The third-order valence-electron chi connectivity index (χ3n) is 1.13. The second-order valence-electron chi connectivity index (χ2n) is 1.85. The van der Waals surface area contributed by atoms with Crippen molar-refractivity contribution in [1.29, 1.82) is 0 Å². The van der Waals surface area contributed by atoms with E-state index in [1.807, 2.05) is 0 Å². The fourth-order valence-electron chi connectivity index (χ4n) is 0.687. The van der Waals surface area contributed by atoms with E-state index in [1.165, 1.54) is 12.1 Å². The van der Waals surface area contributed by atoms with Gasteiger partial charge in [-0.1, -0.05) is 12.6 Å². The van der Waals surface area contributed by atoms with Gasteiger partial charge in [0.15, 0.2) is 5.82 Å². The van der Waals surface area contributed by atoms with Crippen molar-refractivity contribution in [3.05, 3.63) is 36.9 Å². The summed E-state index contributed by atoms with van der Waals surface area (Å²) < 4.78 is 17.2. The number of hydrogen-bond donors (Lipinski definition) is 0. The van der Waals surface area contributed by atoms with E-state index in [1.54, 1.807) is 0 Å². The molecule has 57 valence electrons. The highest BCUT2D eigenvalue weighted by Crippen LogP contribution is 2.28. The van der Waals surface area contributed by atoms with Gasteiger partial charge in [0.1, 0.15) is 0 Å². The molecule has 0 spiro atoms. The second kappa shape index (κ2) is 3.05. The molecule has 1 aromatic rings. The third-order valence-corrected chi connectivity index (χ3v) is 1.13. The van der Waals surface area contributed by atoms with Crippen molar-refractivity contribution >= 4 is 0 Å². The van der Waals surface area contributed by atoms with Gasteiger partial charge in [-0.25, -0.2) is 4.39 Å². The molecule has 0 unspecified atom stereocenters. The van der Waals surface area contributed by atoms with Gasteiger partial charge in [0.2, 0.25) is 11.5 Å². The maximum atomic E-state index is 12.7. The lowest BCUT2D eigenvalue weighted by atomic mass is 10.3. The molecule has 0 aromatic heterocycles. The van der Waals surface area contributed by atoms with E-state index in [2.05, 4.69) is 11.3 Å². The summed E-state index contributed by atoms with van der Waals surface area (Å²) in [5.74, 6) is -1.45. The van der Waals surface area contributed by atoms with Crippen LogP contribution in [0.2, 0.25) is 0 Å². The van der Waals surface area contributed by atoms with Crippen molar-refractivity contribution in [2.75, 3.05) is 0 Å². The molecule has 0 bridgehead atoms. The average molecular weight is 153 g/mol. The van der Waals surface area contributed by atoms with Crippen LogP contribution < -0.4 is 4.74 Å². The summed E-state index contributed by atoms with van der Waals surface area (Å²) in [5.41, 5.74) is 0. The van der Waals surface area contributed by atoms with E-state index in [0.29, 0.717) is 0 Å². The number of rotatable bonds is 2. The Labute approximate surface area is 63.5 Å². The highest BCUT2D eigenvalue weighted by atomic mass is 19.1. The van der Waals surface area contributed by atoms with Crippen LogP contribution in [-0.4, -0.2) is 0 Å². The summed E-state index contributed by atoms with van der Waals surface area (Å²) in [5, 5.41) is 10.8. The minimum Gasteiger partial charge on any atom is -0.458 e. The molecule has 0 fully saturated rings. The van der Waals surface area contributed by atoms with Gasteiger partial charge in [-0.2, -0.15) is 0 Å². The molecule has 2 nitrogen and oxygen atoms in total. The minimum absolute atomic E-state index is 0.303. The van der Waals surface area contributed by atoms with Crippen molar-refractivity contribution < 1.29 is 14.2 Å². The first-order valence-electron chi connectivity index (χ1n) is 2.99. The van der Waals surface area contributed by atoms with Crippen molar-refractivity contribution in [1.82, 2.24) is 0 Å². The smallest absolute Gasteiger partial charge is 0.224 e. The average Bonchev–Trinajstić information content (AvgIpc) is 1.97. The first kappa shape index (κ1) is 7.60. The highest BCUT2D eigenvalue weighted by molar-refractivity contribution is 5.39. The molecule has 0 heterocycles. The van der Waals surface area contributed by atoms with Crippen LogP contribution >= 0.6 is 0 Å². The minimum atomic E-state index is -0.669. The number of para-hydroxylation sites is 1. The second-order valence-corrected chi connectivity index (χ2v) is 1.85. The van der Waals surface area contributed by atoms with E-state index >= 15 is 0 Å². The Bertz CT molecular complexity index is 251. The quantitative estimate of drug-likeness (QED) is 0.600. The zero-order chi connectivity index (χ0) is 8.27. The van der Waals surface area contributed by atoms with Crippen LogP contribution in [-0.2, 0) is 5.11 Å². The largest absolute Gasteiger partial charge is 0.458 e. The van der Waals surface area contributed by atoms with Crippen LogP contribution in [0.3, 0.4) is 0 Å². The molecule has 1 radical (unpaired) electrons. The van der Waals surface area contributed by atoms with Gasteiger partial charge >= 0.3 is 0 Å². The SMILES string of the molecule is C=COc1c([O])cccc1F. The molecular formula is C8H6FO2. The molecule has 11 heavy (non-hydrogen) atoms. The predicted molar refractivity (Wildman–Crippen MR) is 37.4 cm³/mol. The van der Waals surface area contributed by atoms with Gasteiger partial charge in [-0.3, -0.25) is 5.11 Å². The van der Waals surface area contributed by atoms with Crippen molar-refractivity contribution in [3.63, 3.8) is 0 Å². The van der Waals surface area contributed by atoms with Crippen LogP contribution in [0.4, 0.5) is 4.39 Å². The monoisotopic (exact) mass is 153 g/mol. The zero-order valence-corrected chi connectivity index (χ0v) is 5.71. The van der Waals surface area contributed by atoms with E-state index in [9.17, 15) is 9.50 Å². The van der Waals surface area contributed by atoms with Gasteiger partial charge in [0.25, 0.3) is 0 Å². The third kappa shape index (κ3) is 1.49. The zero-order valence-electron chi connectivity index (χ0n) is 5.71. The molecule has 1 rings (SSSR count). The molecule has 0 aliphatic heterocycles. The van der Waals surface area contributed by atoms with Crippen LogP contribution in [0.25, 0.3) is 0 Å². The first-order valence-corrected chi connectivity index (χ1v) is 2.99. The predicted octanol–water partition coefficient (Wildman–Crippen LogP) is 2.49. The molecule has 0 saturated heterocycles. The summed E-state index contributed by atoms with van der Waals surface area (Å²) in [6.45, 7) is 3.21. The Morgan fingerprint density at radius 2 is 2.27 bits per heavy atom. The highest BCUT2D eigenvalue weighted by Gasteiger charge is 2.08. The summed E-state index contributed by atoms with van der Waals surface area (Å²) in [6.07, 6.45) is 1.01. The van der Waals surface area contributed by atoms with Crippen LogP contribution in [0.15, 0.2) is 31.0 Å². The topological polar surface area (TPSA) is 29.1 Å². The summed E-state index contributed by atoms with van der Waals surface area (Å²) in [6, 6.07) is 3.70. The molecule has 0 amide bonds. The first-order chi connectivity index (χ1) is 5.25. The van der Waals surface area contributed by atoms with Crippen molar-refractivity contribution in [2.45, 2.75) is 0 Å². The number of benzene rings is 1. The normalized spacial score (nSPS) is 9.18. The molecule has 3 heteroatoms. The van der Waals surface area contributed by atoms with Crippen LogP contribution in [0, 0.1) is 5.82 Å². The van der Waals surface area contributed by atoms with Gasteiger partial charge < -0.3 is 4.74 Å². The molecular weight excluding hydrogens is 147 g/mol. The van der Waals surface area contributed by atoms with Crippen molar-refractivity contribution in [3.8, 4) is 11.5 Å². The maximum Gasteiger partial charge on any atom is 0.224 e. The van der Waals surface area contributed by atoms with Crippen LogP contribution in [0.5, 0.6) is 11.5 Å². The van der Waals surface area contributed by atoms with Gasteiger partial charge in [0.05, 0.1) is 6.26 Å². The van der Waals surface area contributed by atoms with E-state index in [4.69, 9.17) is 0 Å². The van der Waals surface area contributed by atoms with E-state index in [0.717, 1.165) is 12.3 Å². The Hall–Kier alpha value is -1.51. The van der Waals surface area contributed by atoms with E-state index < -0.39 is 11.6 Å². The fraction of sp³-hybridized carbons (Fsp3) is 0. The van der Waals surface area contributed by atoms with Gasteiger partial charge in [-0.15, -0.1) is 0 Å². The number of hydrogen-bond acceptors (Lipinski definition) is 1. The Morgan fingerprint density at radius 1 is 1.55 bits per heavy atom. The van der Waals surface area contributed by atoms with Gasteiger partial charge in [0, 0.05) is 0 Å². The lowest BCUT2D eigenvalue weighted by molar-refractivity contribution is 0.319. The fourth-order valence-corrected chi connectivity index (χ4v) is 0.687. The summed E-state index contributed by atoms with van der Waals surface area (Å²) in [7, 11) is 0. The Balaban J connectivity index is 3.09. The lowest BCUT2D eigenvalue weighted by Crippen LogP contribution is -1.85. The standard InChI is InChI=1S/C8H6FO2/c1-2-11-8-6(9)4-3-5-7(8)10/h2-5H,1H2. The maximum absolute atomic E-state index is 12.7. The van der Waals surface area contributed by atoms with Crippen molar-refractivity contribution in [2.24, 2.45) is 0 Å². The molecule has 0 N–H and O–H groups in total. The number of ether oxygens (including phenoxy) is 1. The summed E-state index contributed by atoms with van der Waals surface area (Å²) in [4.78, 5) is 0. The lowest BCUT2D eigenvalue weighted by Gasteiger charge is -2.00. The van der Waals surface area contributed by atoms with Gasteiger partial charge in [-0.05, 0) is 12.1 Å². The van der Waals surface area contributed by atoms with Crippen LogP contribution in [0.1, 0.15) is 0 Å². The van der Waals surface area contributed by atoms with E-state index in [-0.39, 0.29) is 5.75 Å². The summed E-state index contributed by atoms with van der Waals surface area (Å²) >= 11 is 0. The molecule has 0 saturated carbocycles. The molecule has 1 aromatic carbocycles. The Kier molecular flexibility index (Phi) is 2.11. The Morgan fingerprint density at radius 3 is 2.82 bits per heavy atom.